The molecule has 1 atom stereocenters. The van der Waals surface area contributed by atoms with Crippen molar-refractivity contribution in [1.29, 1.82) is 0 Å². The Hall–Kier alpha value is -1.84. The minimum absolute atomic E-state index is 0.395. The first-order valence-electron chi connectivity index (χ1n) is 6.45. The maximum absolute atomic E-state index is 12.3. The summed E-state index contributed by atoms with van der Waals surface area (Å²) in [6.07, 6.45) is 0. The standard InChI is InChI=1S/C16H15ClN2O/c1-10-4-2-3-5-13(10)16(15(18)20)14-7-6-12(17)8-11(14)9-19-16/h2-8,19H,9H2,1H3,(H2,18,20). The van der Waals surface area contributed by atoms with Gasteiger partial charge >= 0.3 is 0 Å². The van der Waals surface area contributed by atoms with Gasteiger partial charge in [-0.05, 0) is 41.3 Å². The van der Waals surface area contributed by atoms with E-state index < -0.39 is 11.4 Å². The SMILES string of the molecule is Cc1ccccc1C1(C(N)=O)NCc2cc(Cl)ccc21. The van der Waals surface area contributed by atoms with Gasteiger partial charge in [-0.25, -0.2) is 0 Å². The summed E-state index contributed by atoms with van der Waals surface area (Å²) in [5, 5.41) is 3.95. The van der Waals surface area contributed by atoms with Crippen LogP contribution in [0.15, 0.2) is 42.5 Å². The summed E-state index contributed by atoms with van der Waals surface area (Å²) >= 11 is 6.03. The zero-order chi connectivity index (χ0) is 14.3. The van der Waals surface area contributed by atoms with E-state index in [-0.39, 0.29) is 0 Å². The van der Waals surface area contributed by atoms with Crippen LogP contribution in [-0.2, 0) is 16.9 Å². The predicted molar refractivity (Wildman–Crippen MR) is 79.4 cm³/mol. The Bertz CT molecular complexity index is 699. The molecule has 0 spiro atoms. The van der Waals surface area contributed by atoms with Gasteiger partial charge in [-0.1, -0.05) is 41.9 Å². The average Bonchev–Trinajstić information content (AvgIpc) is 2.79. The molecular formula is C16H15ClN2O. The van der Waals surface area contributed by atoms with Crippen LogP contribution >= 0.6 is 11.6 Å². The summed E-state index contributed by atoms with van der Waals surface area (Å²) < 4.78 is 0. The maximum Gasteiger partial charge on any atom is 0.247 e. The van der Waals surface area contributed by atoms with Crippen LogP contribution in [0.25, 0.3) is 0 Å². The summed E-state index contributed by atoms with van der Waals surface area (Å²) in [4.78, 5) is 12.3. The molecule has 0 saturated carbocycles. The van der Waals surface area contributed by atoms with E-state index in [0.29, 0.717) is 11.6 Å². The van der Waals surface area contributed by atoms with Gasteiger partial charge in [0.15, 0.2) is 0 Å². The molecule has 102 valence electrons. The highest BCUT2D eigenvalue weighted by Gasteiger charge is 2.46. The van der Waals surface area contributed by atoms with Crippen molar-refractivity contribution < 1.29 is 4.79 Å². The van der Waals surface area contributed by atoms with Crippen LogP contribution in [0.4, 0.5) is 0 Å². The zero-order valence-corrected chi connectivity index (χ0v) is 11.9. The molecule has 0 radical (unpaired) electrons. The average molecular weight is 287 g/mol. The van der Waals surface area contributed by atoms with Crippen molar-refractivity contribution in [1.82, 2.24) is 5.32 Å². The Morgan fingerprint density at radius 3 is 2.70 bits per heavy atom. The normalized spacial score (nSPS) is 20.7. The third-order valence-corrected chi connectivity index (χ3v) is 4.17. The molecule has 1 aliphatic heterocycles. The molecule has 3 rings (SSSR count). The minimum atomic E-state index is -0.967. The van der Waals surface area contributed by atoms with Crippen LogP contribution in [0.2, 0.25) is 5.02 Å². The van der Waals surface area contributed by atoms with E-state index in [4.69, 9.17) is 17.3 Å². The second-order valence-corrected chi connectivity index (χ2v) is 5.52. The fourth-order valence-electron chi connectivity index (χ4n) is 2.98. The molecule has 2 aromatic rings. The van der Waals surface area contributed by atoms with E-state index in [1.54, 1.807) is 6.07 Å². The molecule has 0 bridgehead atoms. The third kappa shape index (κ3) is 1.74. The highest BCUT2D eigenvalue weighted by atomic mass is 35.5. The fourth-order valence-corrected chi connectivity index (χ4v) is 3.18. The number of benzene rings is 2. The number of aryl methyl sites for hydroxylation is 1. The van der Waals surface area contributed by atoms with Crippen molar-refractivity contribution >= 4 is 17.5 Å². The molecule has 1 amide bonds. The Balaban J connectivity index is 2.28. The first-order valence-corrected chi connectivity index (χ1v) is 6.83. The molecule has 1 aliphatic rings. The van der Waals surface area contributed by atoms with Crippen LogP contribution in [0, 0.1) is 6.92 Å². The molecule has 1 unspecified atom stereocenters. The lowest BCUT2D eigenvalue weighted by atomic mass is 9.81. The molecule has 3 nitrogen and oxygen atoms in total. The van der Waals surface area contributed by atoms with E-state index in [0.717, 1.165) is 22.3 Å². The number of carbonyl (C=O) groups is 1. The van der Waals surface area contributed by atoms with Gasteiger partial charge in [0.2, 0.25) is 5.91 Å². The largest absolute Gasteiger partial charge is 0.367 e. The highest BCUT2D eigenvalue weighted by molar-refractivity contribution is 6.30. The Labute approximate surface area is 122 Å². The van der Waals surface area contributed by atoms with Gasteiger partial charge < -0.3 is 5.73 Å². The first-order chi connectivity index (χ1) is 9.55. The quantitative estimate of drug-likeness (QED) is 0.891. The van der Waals surface area contributed by atoms with Crippen molar-refractivity contribution in [3.8, 4) is 0 Å². The molecule has 3 N–H and O–H groups in total. The summed E-state index contributed by atoms with van der Waals surface area (Å²) in [5.41, 5.74) is 8.62. The van der Waals surface area contributed by atoms with Crippen LogP contribution in [-0.4, -0.2) is 5.91 Å². The van der Waals surface area contributed by atoms with Crippen LogP contribution < -0.4 is 11.1 Å². The highest BCUT2D eigenvalue weighted by Crippen LogP contribution is 2.39. The molecule has 0 saturated heterocycles. The molecule has 1 heterocycles. The topological polar surface area (TPSA) is 55.1 Å². The van der Waals surface area contributed by atoms with Gasteiger partial charge in [0.25, 0.3) is 0 Å². The number of nitrogens with two attached hydrogens (primary N) is 1. The monoisotopic (exact) mass is 286 g/mol. The zero-order valence-electron chi connectivity index (χ0n) is 11.1. The fraction of sp³-hybridized carbons (Fsp3) is 0.188. The van der Waals surface area contributed by atoms with Crippen molar-refractivity contribution in [2.45, 2.75) is 19.0 Å². The lowest BCUT2D eigenvalue weighted by molar-refractivity contribution is -0.122. The van der Waals surface area contributed by atoms with Crippen molar-refractivity contribution in [3.05, 3.63) is 69.7 Å². The smallest absolute Gasteiger partial charge is 0.247 e. The third-order valence-electron chi connectivity index (χ3n) is 3.93. The number of carbonyl (C=O) groups excluding carboxylic acids is 1. The summed E-state index contributed by atoms with van der Waals surface area (Å²) in [5.74, 6) is -0.395. The number of hydrogen-bond donors (Lipinski definition) is 2. The Morgan fingerprint density at radius 1 is 1.25 bits per heavy atom. The van der Waals surface area contributed by atoms with Gasteiger partial charge in [0.05, 0.1) is 0 Å². The first kappa shape index (κ1) is 13.2. The molecule has 0 fully saturated rings. The number of amides is 1. The molecular weight excluding hydrogens is 272 g/mol. The Kier molecular flexibility index (Phi) is 3.04. The second-order valence-electron chi connectivity index (χ2n) is 5.08. The lowest BCUT2D eigenvalue weighted by Gasteiger charge is -2.29. The van der Waals surface area contributed by atoms with Crippen molar-refractivity contribution in [2.75, 3.05) is 0 Å². The van der Waals surface area contributed by atoms with E-state index >= 15 is 0 Å². The molecule has 20 heavy (non-hydrogen) atoms. The number of halogens is 1. The minimum Gasteiger partial charge on any atom is -0.367 e. The van der Waals surface area contributed by atoms with Gasteiger partial charge in [0, 0.05) is 11.6 Å². The van der Waals surface area contributed by atoms with E-state index in [1.165, 1.54) is 0 Å². The van der Waals surface area contributed by atoms with Gasteiger partial charge in [-0.3, -0.25) is 10.1 Å². The second kappa shape index (κ2) is 4.62. The summed E-state index contributed by atoms with van der Waals surface area (Å²) in [6.45, 7) is 2.56. The van der Waals surface area contributed by atoms with E-state index in [9.17, 15) is 4.79 Å². The van der Waals surface area contributed by atoms with Gasteiger partial charge in [0.1, 0.15) is 5.54 Å². The number of hydrogen-bond acceptors (Lipinski definition) is 2. The number of rotatable bonds is 2. The summed E-state index contributed by atoms with van der Waals surface area (Å²) in [6, 6.07) is 13.4. The lowest BCUT2D eigenvalue weighted by Crippen LogP contribution is -2.50. The maximum atomic E-state index is 12.3. The molecule has 0 aromatic heterocycles. The van der Waals surface area contributed by atoms with Crippen LogP contribution in [0.3, 0.4) is 0 Å². The molecule has 2 aromatic carbocycles. The van der Waals surface area contributed by atoms with Gasteiger partial charge in [-0.15, -0.1) is 0 Å². The summed E-state index contributed by atoms with van der Waals surface area (Å²) in [7, 11) is 0. The molecule has 4 heteroatoms. The van der Waals surface area contributed by atoms with Crippen molar-refractivity contribution in [3.63, 3.8) is 0 Å². The van der Waals surface area contributed by atoms with E-state index in [1.807, 2.05) is 43.3 Å². The van der Waals surface area contributed by atoms with E-state index in [2.05, 4.69) is 5.32 Å². The Morgan fingerprint density at radius 2 is 2.00 bits per heavy atom. The van der Waals surface area contributed by atoms with Crippen molar-refractivity contribution in [2.24, 2.45) is 5.73 Å². The number of primary amides is 1. The van der Waals surface area contributed by atoms with Crippen LogP contribution in [0.1, 0.15) is 22.3 Å². The van der Waals surface area contributed by atoms with Crippen LogP contribution in [0.5, 0.6) is 0 Å². The van der Waals surface area contributed by atoms with Gasteiger partial charge in [-0.2, -0.15) is 0 Å². The number of nitrogens with one attached hydrogen (secondary N) is 1. The predicted octanol–water partition coefficient (Wildman–Crippen LogP) is 2.48. The molecule has 0 aliphatic carbocycles. The number of fused-ring (bicyclic) bond motifs is 1.